The zero-order valence-electron chi connectivity index (χ0n) is 12.7. The molecule has 3 aromatic rings. The Morgan fingerprint density at radius 3 is 2.64 bits per heavy atom. The van der Waals surface area contributed by atoms with Crippen molar-refractivity contribution in [1.82, 2.24) is 30.7 Å². The topological polar surface area (TPSA) is 106 Å². The standard InChI is InChI=1S/C15H12F2N6O2/c16-12-5-9(15(24)20-25)6-13(17)11(12)8-23-14(19-21-22-23)7-10-3-1-2-4-18-10/h1-6,25H,7-8H2,(H,20,24). The lowest BCUT2D eigenvalue weighted by molar-refractivity contribution is 0.0705. The van der Waals surface area contributed by atoms with Gasteiger partial charge in [-0.2, -0.15) is 0 Å². The third-order valence-electron chi connectivity index (χ3n) is 3.48. The fraction of sp³-hybridized carbons (Fsp3) is 0.133. The van der Waals surface area contributed by atoms with Gasteiger partial charge in [0.1, 0.15) is 11.6 Å². The lowest BCUT2D eigenvalue weighted by Crippen LogP contribution is -2.20. The molecule has 1 amide bonds. The van der Waals surface area contributed by atoms with Crippen LogP contribution in [0.25, 0.3) is 0 Å². The molecule has 10 heteroatoms. The molecule has 0 bridgehead atoms. The van der Waals surface area contributed by atoms with E-state index < -0.39 is 17.5 Å². The van der Waals surface area contributed by atoms with Crippen molar-refractivity contribution >= 4 is 5.91 Å². The zero-order valence-corrected chi connectivity index (χ0v) is 12.7. The maximum Gasteiger partial charge on any atom is 0.274 e. The predicted octanol–water partition coefficient (Wildman–Crippen LogP) is 1.10. The average molecular weight is 346 g/mol. The van der Waals surface area contributed by atoms with Crippen LogP contribution in [0.5, 0.6) is 0 Å². The van der Waals surface area contributed by atoms with E-state index in [0.29, 0.717) is 17.9 Å². The van der Waals surface area contributed by atoms with Gasteiger partial charge in [-0.1, -0.05) is 6.07 Å². The summed E-state index contributed by atoms with van der Waals surface area (Å²) in [6.07, 6.45) is 1.91. The summed E-state index contributed by atoms with van der Waals surface area (Å²) in [6.45, 7) is -0.256. The van der Waals surface area contributed by atoms with Crippen LogP contribution in [-0.2, 0) is 13.0 Å². The SMILES string of the molecule is O=C(NO)c1cc(F)c(Cn2nnnc2Cc2ccccn2)c(F)c1. The van der Waals surface area contributed by atoms with Crippen molar-refractivity contribution in [2.24, 2.45) is 0 Å². The molecule has 0 aliphatic rings. The van der Waals surface area contributed by atoms with Crippen LogP contribution in [0.1, 0.15) is 27.4 Å². The van der Waals surface area contributed by atoms with Gasteiger partial charge in [0.05, 0.1) is 13.0 Å². The number of carbonyl (C=O) groups excluding carboxylic acids is 1. The molecule has 0 atom stereocenters. The first kappa shape index (κ1) is 16.6. The van der Waals surface area contributed by atoms with Crippen LogP contribution in [0.4, 0.5) is 8.78 Å². The van der Waals surface area contributed by atoms with Gasteiger partial charge in [0, 0.05) is 23.0 Å². The van der Waals surface area contributed by atoms with Crippen LogP contribution in [0.3, 0.4) is 0 Å². The molecule has 0 saturated carbocycles. The minimum Gasteiger partial charge on any atom is -0.288 e. The normalized spacial score (nSPS) is 10.7. The van der Waals surface area contributed by atoms with E-state index in [-0.39, 0.29) is 17.7 Å². The molecule has 0 saturated heterocycles. The number of carbonyl (C=O) groups is 1. The number of nitrogens with one attached hydrogen (secondary N) is 1. The average Bonchev–Trinajstić information content (AvgIpc) is 3.05. The highest BCUT2D eigenvalue weighted by molar-refractivity contribution is 5.93. The van der Waals surface area contributed by atoms with Gasteiger partial charge in [-0.15, -0.1) is 5.10 Å². The molecule has 2 aromatic heterocycles. The molecule has 2 N–H and O–H groups in total. The van der Waals surface area contributed by atoms with Crippen LogP contribution in [0.15, 0.2) is 36.5 Å². The van der Waals surface area contributed by atoms with Crippen molar-refractivity contribution in [3.63, 3.8) is 0 Å². The van der Waals surface area contributed by atoms with Crippen molar-refractivity contribution in [1.29, 1.82) is 0 Å². The van der Waals surface area contributed by atoms with Crippen LogP contribution in [0.2, 0.25) is 0 Å². The summed E-state index contributed by atoms with van der Waals surface area (Å²) in [5, 5.41) is 19.7. The van der Waals surface area contributed by atoms with Crippen molar-refractivity contribution in [3.8, 4) is 0 Å². The van der Waals surface area contributed by atoms with Gasteiger partial charge >= 0.3 is 0 Å². The number of hydrogen-bond acceptors (Lipinski definition) is 6. The largest absolute Gasteiger partial charge is 0.288 e. The molecule has 0 unspecified atom stereocenters. The van der Waals surface area contributed by atoms with Gasteiger partial charge in [0.2, 0.25) is 0 Å². The van der Waals surface area contributed by atoms with Crippen LogP contribution in [0, 0.1) is 11.6 Å². The number of tetrazole rings is 1. The summed E-state index contributed by atoms with van der Waals surface area (Å²) in [6, 6.07) is 7.00. The lowest BCUT2D eigenvalue weighted by atomic mass is 10.1. The zero-order chi connectivity index (χ0) is 17.8. The summed E-state index contributed by atoms with van der Waals surface area (Å²) < 4.78 is 29.6. The van der Waals surface area contributed by atoms with Crippen molar-refractivity contribution in [2.45, 2.75) is 13.0 Å². The summed E-state index contributed by atoms with van der Waals surface area (Å²) in [5.41, 5.74) is 1.38. The van der Waals surface area contributed by atoms with Crippen LogP contribution >= 0.6 is 0 Å². The van der Waals surface area contributed by atoms with E-state index >= 15 is 0 Å². The van der Waals surface area contributed by atoms with Gasteiger partial charge in [-0.05, 0) is 34.7 Å². The van der Waals surface area contributed by atoms with Crippen LogP contribution < -0.4 is 5.48 Å². The van der Waals surface area contributed by atoms with E-state index in [9.17, 15) is 13.6 Å². The minimum atomic E-state index is -1.01. The fourth-order valence-corrected chi connectivity index (χ4v) is 2.24. The Balaban J connectivity index is 1.86. The van der Waals surface area contributed by atoms with Crippen molar-refractivity contribution in [3.05, 3.63) is 70.8 Å². The highest BCUT2D eigenvalue weighted by Crippen LogP contribution is 2.17. The molecule has 8 nitrogen and oxygen atoms in total. The summed E-state index contributed by atoms with van der Waals surface area (Å²) in [7, 11) is 0. The van der Waals surface area contributed by atoms with E-state index in [1.54, 1.807) is 24.4 Å². The molecule has 0 aliphatic carbocycles. The minimum absolute atomic E-state index is 0.256. The van der Waals surface area contributed by atoms with Gasteiger partial charge in [-0.25, -0.2) is 18.9 Å². The molecule has 3 rings (SSSR count). The van der Waals surface area contributed by atoms with Gasteiger partial charge < -0.3 is 0 Å². The molecular weight excluding hydrogens is 334 g/mol. The first-order valence-corrected chi connectivity index (χ1v) is 7.15. The third kappa shape index (κ3) is 3.63. The second kappa shape index (κ2) is 7.09. The first-order valence-electron chi connectivity index (χ1n) is 7.15. The fourth-order valence-electron chi connectivity index (χ4n) is 2.24. The Bertz CT molecular complexity index is 877. The number of benzene rings is 1. The maximum atomic E-state index is 14.2. The number of aromatic nitrogens is 5. The lowest BCUT2D eigenvalue weighted by Gasteiger charge is -2.09. The number of pyridine rings is 1. The van der Waals surface area contributed by atoms with E-state index in [4.69, 9.17) is 5.21 Å². The third-order valence-corrected chi connectivity index (χ3v) is 3.48. The number of amides is 1. The van der Waals surface area contributed by atoms with E-state index in [1.807, 2.05) is 0 Å². The van der Waals surface area contributed by atoms with Crippen molar-refractivity contribution in [2.75, 3.05) is 0 Å². The van der Waals surface area contributed by atoms with Crippen molar-refractivity contribution < 1.29 is 18.8 Å². The Morgan fingerprint density at radius 1 is 1.24 bits per heavy atom. The number of rotatable bonds is 5. The predicted molar refractivity (Wildman–Crippen MR) is 79.6 cm³/mol. The Hall–Kier alpha value is -3.27. The second-order valence-corrected chi connectivity index (χ2v) is 5.11. The molecule has 0 spiro atoms. The Labute approximate surface area is 140 Å². The van der Waals surface area contributed by atoms with E-state index in [1.165, 1.54) is 10.2 Å². The molecule has 25 heavy (non-hydrogen) atoms. The van der Waals surface area contributed by atoms with E-state index in [0.717, 1.165) is 12.1 Å². The van der Waals surface area contributed by atoms with Gasteiger partial charge in [0.25, 0.3) is 5.91 Å². The Kier molecular flexibility index (Phi) is 4.70. The summed E-state index contributed by atoms with van der Waals surface area (Å²) in [4.78, 5) is 15.4. The number of halogens is 2. The number of hydroxylamine groups is 1. The highest BCUT2D eigenvalue weighted by Gasteiger charge is 2.17. The molecule has 0 radical (unpaired) electrons. The Morgan fingerprint density at radius 2 is 2.00 bits per heavy atom. The first-order chi connectivity index (χ1) is 12.1. The molecule has 2 heterocycles. The second-order valence-electron chi connectivity index (χ2n) is 5.11. The van der Waals surface area contributed by atoms with E-state index in [2.05, 4.69) is 20.5 Å². The molecule has 1 aromatic carbocycles. The molecule has 0 aliphatic heterocycles. The highest BCUT2D eigenvalue weighted by atomic mass is 19.1. The maximum absolute atomic E-state index is 14.2. The molecular formula is C15H12F2N6O2. The number of hydrogen-bond donors (Lipinski definition) is 2. The van der Waals surface area contributed by atoms with Crippen LogP contribution in [-0.4, -0.2) is 36.3 Å². The summed E-state index contributed by atoms with van der Waals surface area (Å²) >= 11 is 0. The monoisotopic (exact) mass is 346 g/mol. The smallest absolute Gasteiger partial charge is 0.274 e. The molecule has 0 fully saturated rings. The van der Waals surface area contributed by atoms with Gasteiger partial charge in [0.15, 0.2) is 5.82 Å². The number of nitrogens with zero attached hydrogens (tertiary/aromatic N) is 5. The quantitative estimate of drug-likeness (QED) is 0.529. The molecule has 128 valence electrons. The summed E-state index contributed by atoms with van der Waals surface area (Å²) in [5.74, 6) is -2.52. The van der Waals surface area contributed by atoms with Gasteiger partial charge in [-0.3, -0.25) is 15.0 Å².